The third-order valence-corrected chi connectivity index (χ3v) is 4.27. The van der Waals surface area contributed by atoms with E-state index in [0.29, 0.717) is 30.2 Å². The Labute approximate surface area is 149 Å². The van der Waals surface area contributed by atoms with Crippen LogP contribution in [0.3, 0.4) is 0 Å². The number of carbonyl (C=O) groups excluding carboxylic acids is 1. The van der Waals surface area contributed by atoms with Crippen LogP contribution in [-0.4, -0.2) is 42.0 Å². The van der Waals surface area contributed by atoms with Crippen LogP contribution in [0.2, 0.25) is 0 Å². The van der Waals surface area contributed by atoms with Crippen LogP contribution in [-0.2, 0) is 6.42 Å². The Kier molecular flexibility index (Phi) is 4.08. The average Bonchev–Trinajstić information content (AvgIpc) is 3.24. The fourth-order valence-electron chi connectivity index (χ4n) is 3.11. The second-order valence-corrected chi connectivity index (χ2v) is 6.39. The van der Waals surface area contributed by atoms with Gasteiger partial charge in [-0.05, 0) is 48.5 Å². The molecular weight excluding hydrogens is 330 g/mol. The number of tetrazole rings is 1. The molecule has 1 N–H and O–H groups in total. The Morgan fingerprint density at radius 2 is 2.04 bits per heavy atom. The van der Waals surface area contributed by atoms with Gasteiger partial charge >= 0.3 is 0 Å². The first-order valence-electron chi connectivity index (χ1n) is 8.55. The molecule has 0 aliphatic rings. The molecule has 3 heterocycles. The van der Waals surface area contributed by atoms with Gasteiger partial charge in [0.25, 0.3) is 5.91 Å². The maximum Gasteiger partial charge on any atom is 0.252 e. The van der Waals surface area contributed by atoms with Crippen molar-refractivity contribution in [2.45, 2.75) is 26.3 Å². The monoisotopic (exact) mass is 349 g/mol. The van der Waals surface area contributed by atoms with Gasteiger partial charge in [0, 0.05) is 25.2 Å². The fourth-order valence-corrected chi connectivity index (χ4v) is 3.11. The number of hydrogen-bond acceptors (Lipinski definition) is 5. The lowest BCUT2D eigenvalue weighted by atomic mass is 10.2. The van der Waals surface area contributed by atoms with E-state index in [1.807, 2.05) is 18.2 Å². The van der Waals surface area contributed by atoms with Crippen LogP contribution in [0.25, 0.3) is 16.7 Å². The number of carbonyl (C=O) groups is 1. The van der Waals surface area contributed by atoms with E-state index in [-0.39, 0.29) is 5.91 Å². The van der Waals surface area contributed by atoms with Crippen molar-refractivity contribution < 1.29 is 4.79 Å². The third-order valence-electron chi connectivity index (χ3n) is 4.27. The molecule has 0 unspecified atom stereocenters. The number of para-hydroxylation sites is 2. The summed E-state index contributed by atoms with van der Waals surface area (Å²) in [5, 5.41) is 14.1. The van der Waals surface area contributed by atoms with Crippen molar-refractivity contribution in [1.29, 1.82) is 0 Å². The summed E-state index contributed by atoms with van der Waals surface area (Å²) in [5.41, 5.74) is 3.22. The summed E-state index contributed by atoms with van der Waals surface area (Å²) in [6.45, 7) is 4.78. The zero-order valence-corrected chi connectivity index (χ0v) is 14.6. The molecule has 0 radical (unpaired) electrons. The zero-order valence-electron chi connectivity index (χ0n) is 14.6. The van der Waals surface area contributed by atoms with Crippen molar-refractivity contribution >= 4 is 22.6 Å². The number of nitrogens with one attached hydrogen (secondary N) is 1. The predicted molar refractivity (Wildman–Crippen MR) is 96.9 cm³/mol. The van der Waals surface area contributed by atoms with Gasteiger partial charge < -0.3 is 9.88 Å². The van der Waals surface area contributed by atoms with Crippen LogP contribution in [0.1, 0.15) is 36.1 Å². The highest BCUT2D eigenvalue weighted by Crippen LogP contribution is 2.21. The van der Waals surface area contributed by atoms with Crippen molar-refractivity contribution in [3.8, 4) is 0 Å². The molecular formula is C18H19N7O. The Morgan fingerprint density at radius 3 is 2.88 bits per heavy atom. The molecule has 4 aromatic rings. The van der Waals surface area contributed by atoms with Crippen LogP contribution in [0.5, 0.6) is 0 Å². The molecule has 26 heavy (non-hydrogen) atoms. The van der Waals surface area contributed by atoms with Crippen LogP contribution in [0.4, 0.5) is 0 Å². The molecule has 0 saturated carbocycles. The van der Waals surface area contributed by atoms with E-state index in [4.69, 9.17) is 4.98 Å². The summed E-state index contributed by atoms with van der Waals surface area (Å²) in [4.78, 5) is 17.1. The number of fused-ring (bicyclic) bond motifs is 2. The van der Waals surface area contributed by atoms with E-state index in [1.165, 1.54) is 4.52 Å². The van der Waals surface area contributed by atoms with Crippen molar-refractivity contribution in [1.82, 2.24) is 34.9 Å². The van der Waals surface area contributed by atoms with E-state index in [0.717, 1.165) is 16.9 Å². The summed E-state index contributed by atoms with van der Waals surface area (Å²) in [7, 11) is 0. The number of imidazole rings is 1. The Bertz CT molecular complexity index is 1080. The van der Waals surface area contributed by atoms with Crippen LogP contribution >= 0.6 is 0 Å². The molecule has 4 rings (SSSR count). The molecule has 8 nitrogen and oxygen atoms in total. The number of amides is 1. The molecule has 1 amide bonds. The number of pyridine rings is 1. The lowest BCUT2D eigenvalue weighted by Gasteiger charge is -2.13. The number of aromatic nitrogens is 6. The van der Waals surface area contributed by atoms with Gasteiger partial charge in [-0.3, -0.25) is 4.79 Å². The summed E-state index contributed by atoms with van der Waals surface area (Å²) >= 11 is 0. The Balaban J connectivity index is 1.48. The number of benzene rings is 1. The molecule has 132 valence electrons. The molecule has 3 aromatic heterocycles. The molecule has 1 aromatic carbocycles. The van der Waals surface area contributed by atoms with Crippen LogP contribution < -0.4 is 5.32 Å². The van der Waals surface area contributed by atoms with E-state index in [1.54, 1.807) is 18.3 Å². The van der Waals surface area contributed by atoms with Gasteiger partial charge in [-0.2, -0.15) is 4.52 Å². The van der Waals surface area contributed by atoms with E-state index < -0.39 is 0 Å². The van der Waals surface area contributed by atoms with E-state index in [9.17, 15) is 4.79 Å². The van der Waals surface area contributed by atoms with Crippen molar-refractivity contribution in [3.63, 3.8) is 0 Å². The summed E-state index contributed by atoms with van der Waals surface area (Å²) < 4.78 is 3.70. The van der Waals surface area contributed by atoms with Crippen molar-refractivity contribution in [3.05, 3.63) is 54.0 Å². The Hall–Kier alpha value is -3.29. The van der Waals surface area contributed by atoms with Crippen LogP contribution in [0.15, 0.2) is 42.6 Å². The highest BCUT2D eigenvalue weighted by molar-refractivity contribution is 5.94. The van der Waals surface area contributed by atoms with Gasteiger partial charge in [-0.25, -0.2) is 4.98 Å². The van der Waals surface area contributed by atoms with Gasteiger partial charge in [-0.15, -0.1) is 5.10 Å². The lowest BCUT2D eigenvalue weighted by molar-refractivity contribution is 0.0953. The quantitative estimate of drug-likeness (QED) is 0.595. The molecule has 0 aliphatic carbocycles. The molecule has 0 bridgehead atoms. The maximum atomic E-state index is 12.4. The highest BCUT2D eigenvalue weighted by Gasteiger charge is 2.13. The SMILES string of the molecule is CC(C)n1c(CCNC(=O)c2ccc3nnnn3c2)nc2ccccc21. The van der Waals surface area contributed by atoms with Gasteiger partial charge in [0.15, 0.2) is 5.65 Å². The van der Waals surface area contributed by atoms with E-state index in [2.05, 4.69) is 45.3 Å². The van der Waals surface area contributed by atoms with Gasteiger partial charge in [0.05, 0.1) is 16.6 Å². The van der Waals surface area contributed by atoms with Gasteiger partial charge in [-0.1, -0.05) is 12.1 Å². The average molecular weight is 349 g/mol. The molecule has 0 spiro atoms. The topological polar surface area (TPSA) is 90.0 Å². The number of rotatable bonds is 5. The van der Waals surface area contributed by atoms with Crippen molar-refractivity contribution in [2.75, 3.05) is 6.54 Å². The minimum atomic E-state index is -0.158. The smallest absolute Gasteiger partial charge is 0.252 e. The van der Waals surface area contributed by atoms with Gasteiger partial charge in [0.1, 0.15) is 5.82 Å². The number of hydrogen-bond donors (Lipinski definition) is 1. The molecule has 0 saturated heterocycles. The second kappa shape index (κ2) is 6.55. The lowest BCUT2D eigenvalue weighted by Crippen LogP contribution is -2.27. The normalized spacial score (nSPS) is 11.5. The first-order valence-corrected chi connectivity index (χ1v) is 8.55. The number of nitrogens with zero attached hydrogens (tertiary/aromatic N) is 6. The minimum absolute atomic E-state index is 0.158. The predicted octanol–water partition coefficient (Wildman–Crippen LogP) is 2.03. The highest BCUT2D eigenvalue weighted by atomic mass is 16.1. The maximum absolute atomic E-state index is 12.4. The van der Waals surface area contributed by atoms with Crippen LogP contribution in [0, 0.1) is 0 Å². The van der Waals surface area contributed by atoms with E-state index >= 15 is 0 Å². The summed E-state index contributed by atoms with van der Waals surface area (Å²) in [6.07, 6.45) is 2.28. The first kappa shape index (κ1) is 16.2. The minimum Gasteiger partial charge on any atom is -0.352 e. The molecule has 0 atom stereocenters. The largest absolute Gasteiger partial charge is 0.352 e. The zero-order chi connectivity index (χ0) is 18.1. The summed E-state index contributed by atoms with van der Waals surface area (Å²) in [5.74, 6) is 0.812. The first-order chi connectivity index (χ1) is 12.6. The Morgan fingerprint density at radius 1 is 1.19 bits per heavy atom. The third kappa shape index (κ3) is 2.90. The molecule has 0 fully saturated rings. The summed E-state index contributed by atoms with van der Waals surface area (Å²) in [6, 6.07) is 11.8. The molecule has 8 heteroatoms. The second-order valence-electron chi connectivity index (χ2n) is 6.39. The van der Waals surface area contributed by atoms with Gasteiger partial charge in [0.2, 0.25) is 0 Å². The van der Waals surface area contributed by atoms with Crippen molar-refractivity contribution in [2.24, 2.45) is 0 Å². The molecule has 0 aliphatic heterocycles. The fraction of sp³-hybridized carbons (Fsp3) is 0.278. The standard InChI is InChI=1S/C18H19N7O/c1-12(2)25-15-6-4-3-5-14(15)20-16(25)9-10-19-18(26)13-7-8-17-21-22-23-24(17)11-13/h3-8,11-12H,9-10H2,1-2H3,(H,19,26).